The SMILES string of the molecule is CC(C)(O)CN1CCNc2cc(C(F)(F)F)ccc21. The van der Waals surface area contributed by atoms with Gasteiger partial charge in [-0.3, -0.25) is 0 Å². The second-order valence-electron chi connectivity index (χ2n) is 5.39. The Bertz CT molecular complexity index is 466. The third-order valence-electron chi connectivity index (χ3n) is 2.94. The molecule has 0 fully saturated rings. The third-order valence-corrected chi connectivity index (χ3v) is 2.94. The van der Waals surface area contributed by atoms with Crippen molar-refractivity contribution in [1.82, 2.24) is 0 Å². The summed E-state index contributed by atoms with van der Waals surface area (Å²) >= 11 is 0. The van der Waals surface area contributed by atoms with E-state index in [0.717, 1.165) is 12.1 Å². The van der Waals surface area contributed by atoms with Gasteiger partial charge in [0.15, 0.2) is 0 Å². The molecule has 3 nitrogen and oxygen atoms in total. The topological polar surface area (TPSA) is 35.5 Å². The summed E-state index contributed by atoms with van der Waals surface area (Å²) in [7, 11) is 0. The van der Waals surface area contributed by atoms with Crippen molar-refractivity contribution >= 4 is 11.4 Å². The highest BCUT2D eigenvalue weighted by Crippen LogP contribution is 2.36. The molecule has 1 aromatic carbocycles. The van der Waals surface area contributed by atoms with Gasteiger partial charge in [0.2, 0.25) is 0 Å². The highest BCUT2D eigenvalue weighted by molar-refractivity contribution is 5.73. The van der Waals surface area contributed by atoms with Crippen LogP contribution in [0.4, 0.5) is 24.5 Å². The first-order valence-electron chi connectivity index (χ1n) is 6.09. The summed E-state index contributed by atoms with van der Waals surface area (Å²) in [6.07, 6.45) is -4.34. The van der Waals surface area contributed by atoms with E-state index in [1.165, 1.54) is 6.07 Å². The molecule has 0 atom stereocenters. The Morgan fingerprint density at radius 1 is 1.32 bits per heavy atom. The van der Waals surface area contributed by atoms with Crippen molar-refractivity contribution in [3.63, 3.8) is 0 Å². The van der Waals surface area contributed by atoms with Gasteiger partial charge in [0.1, 0.15) is 0 Å². The molecule has 0 saturated heterocycles. The first-order chi connectivity index (χ1) is 8.67. The maximum Gasteiger partial charge on any atom is 0.416 e. The summed E-state index contributed by atoms with van der Waals surface area (Å²) in [5.74, 6) is 0. The monoisotopic (exact) mass is 274 g/mol. The van der Waals surface area contributed by atoms with Crippen molar-refractivity contribution in [3.8, 4) is 0 Å². The van der Waals surface area contributed by atoms with Gasteiger partial charge in [-0.15, -0.1) is 0 Å². The number of fused-ring (bicyclic) bond motifs is 1. The molecule has 0 amide bonds. The molecular formula is C13H17F3N2O. The Kier molecular flexibility index (Phi) is 3.38. The van der Waals surface area contributed by atoms with Crippen LogP contribution in [0.3, 0.4) is 0 Å². The Hall–Kier alpha value is -1.43. The molecule has 0 aromatic heterocycles. The molecule has 1 aliphatic heterocycles. The molecule has 1 heterocycles. The number of halogens is 3. The Balaban J connectivity index is 2.31. The molecular weight excluding hydrogens is 257 g/mol. The van der Waals surface area contributed by atoms with Crippen LogP contribution in [0.1, 0.15) is 19.4 Å². The lowest BCUT2D eigenvalue weighted by molar-refractivity contribution is -0.137. The fraction of sp³-hybridized carbons (Fsp3) is 0.538. The summed E-state index contributed by atoms with van der Waals surface area (Å²) in [6, 6.07) is 3.64. The van der Waals surface area contributed by atoms with Crippen molar-refractivity contribution in [1.29, 1.82) is 0 Å². The zero-order valence-electron chi connectivity index (χ0n) is 10.9. The van der Waals surface area contributed by atoms with Crippen LogP contribution in [0.2, 0.25) is 0 Å². The largest absolute Gasteiger partial charge is 0.416 e. The number of hydrogen-bond acceptors (Lipinski definition) is 3. The zero-order valence-corrected chi connectivity index (χ0v) is 10.9. The van der Waals surface area contributed by atoms with Crippen LogP contribution < -0.4 is 10.2 Å². The van der Waals surface area contributed by atoms with E-state index in [0.29, 0.717) is 31.0 Å². The molecule has 0 aliphatic carbocycles. The van der Waals surface area contributed by atoms with Gasteiger partial charge in [-0.1, -0.05) is 0 Å². The Morgan fingerprint density at radius 3 is 2.58 bits per heavy atom. The van der Waals surface area contributed by atoms with Crippen LogP contribution in [0.25, 0.3) is 0 Å². The quantitative estimate of drug-likeness (QED) is 0.870. The van der Waals surface area contributed by atoms with Gasteiger partial charge in [0.05, 0.1) is 22.5 Å². The summed E-state index contributed by atoms with van der Waals surface area (Å²) in [6.45, 7) is 4.96. The molecule has 2 N–H and O–H groups in total. The Morgan fingerprint density at radius 2 is 2.00 bits per heavy atom. The summed E-state index contributed by atoms with van der Waals surface area (Å²) < 4.78 is 37.9. The van der Waals surface area contributed by atoms with Gasteiger partial charge >= 0.3 is 6.18 Å². The molecule has 2 rings (SSSR count). The molecule has 0 unspecified atom stereocenters. The highest BCUT2D eigenvalue weighted by Gasteiger charge is 2.32. The second-order valence-corrected chi connectivity index (χ2v) is 5.39. The number of β-amino-alcohol motifs (C(OH)–C–C–N with tert-alkyl or cyclic N) is 1. The van der Waals surface area contributed by atoms with Crippen LogP contribution in [-0.2, 0) is 6.18 Å². The fourth-order valence-corrected chi connectivity index (χ4v) is 2.21. The number of aliphatic hydroxyl groups is 1. The van der Waals surface area contributed by atoms with Crippen molar-refractivity contribution in [2.75, 3.05) is 29.9 Å². The van der Waals surface area contributed by atoms with E-state index in [9.17, 15) is 18.3 Å². The average Bonchev–Trinajstić information content (AvgIpc) is 2.25. The van der Waals surface area contributed by atoms with Crippen molar-refractivity contribution in [3.05, 3.63) is 23.8 Å². The molecule has 0 saturated carbocycles. The molecule has 0 radical (unpaired) electrons. The summed E-state index contributed by atoms with van der Waals surface area (Å²) in [4.78, 5) is 1.89. The minimum atomic E-state index is -4.34. The van der Waals surface area contributed by atoms with E-state index >= 15 is 0 Å². The minimum Gasteiger partial charge on any atom is -0.389 e. The molecule has 1 aromatic rings. The number of hydrogen-bond donors (Lipinski definition) is 2. The van der Waals surface area contributed by atoms with E-state index in [-0.39, 0.29) is 0 Å². The smallest absolute Gasteiger partial charge is 0.389 e. The van der Waals surface area contributed by atoms with Gasteiger partial charge < -0.3 is 15.3 Å². The molecule has 1 aliphatic rings. The summed E-state index contributed by atoms with van der Waals surface area (Å²) in [5.41, 5.74) is -0.396. The van der Waals surface area contributed by atoms with Crippen molar-refractivity contribution in [2.45, 2.75) is 25.6 Å². The van der Waals surface area contributed by atoms with Crippen LogP contribution in [0.15, 0.2) is 18.2 Å². The zero-order chi connectivity index (χ0) is 14.3. The first kappa shape index (κ1) is 14.0. The lowest BCUT2D eigenvalue weighted by Crippen LogP contribution is -2.43. The lowest BCUT2D eigenvalue weighted by Gasteiger charge is -2.36. The van der Waals surface area contributed by atoms with Gasteiger partial charge in [-0.25, -0.2) is 0 Å². The van der Waals surface area contributed by atoms with Crippen LogP contribution in [0, 0.1) is 0 Å². The molecule has 0 bridgehead atoms. The number of rotatable bonds is 2. The second kappa shape index (κ2) is 4.59. The van der Waals surface area contributed by atoms with Gasteiger partial charge in [0.25, 0.3) is 0 Å². The molecule has 106 valence electrons. The number of nitrogens with zero attached hydrogens (tertiary/aromatic N) is 1. The van der Waals surface area contributed by atoms with Crippen LogP contribution >= 0.6 is 0 Å². The highest BCUT2D eigenvalue weighted by atomic mass is 19.4. The van der Waals surface area contributed by atoms with E-state index < -0.39 is 17.3 Å². The Labute approximate surface area is 110 Å². The van der Waals surface area contributed by atoms with Gasteiger partial charge in [-0.05, 0) is 32.0 Å². The number of anilines is 2. The lowest BCUT2D eigenvalue weighted by atomic mass is 10.1. The standard InChI is InChI=1S/C13H17F3N2O/c1-12(2,19)8-18-6-5-17-10-7-9(13(14,15)16)3-4-11(10)18/h3-4,7,17,19H,5-6,8H2,1-2H3. The average molecular weight is 274 g/mol. The predicted molar refractivity (Wildman–Crippen MR) is 68.4 cm³/mol. The third kappa shape index (κ3) is 3.32. The molecule has 6 heteroatoms. The molecule has 19 heavy (non-hydrogen) atoms. The predicted octanol–water partition coefficient (Wildman–Crippen LogP) is 2.71. The van der Waals surface area contributed by atoms with E-state index in [2.05, 4.69) is 5.32 Å². The van der Waals surface area contributed by atoms with E-state index in [4.69, 9.17) is 0 Å². The van der Waals surface area contributed by atoms with Crippen LogP contribution in [0.5, 0.6) is 0 Å². The van der Waals surface area contributed by atoms with Gasteiger partial charge in [-0.2, -0.15) is 13.2 Å². The molecule has 0 spiro atoms. The van der Waals surface area contributed by atoms with Crippen molar-refractivity contribution in [2.24, 2.45) is 0 Å². The van der Waals surface area contributed by atoms with E-state index in [1.807, 2.05) is 4.90 Å². The number of benzene rings is 1. The van der Waals surface area contributed by atoms with Gasteiger partial charge in [0, 0.05) is 19.6 Å². The van der Waals surface area contributed by atoms with Crippen LogP contribution in [-0.4, -0.2) is 30.3 Å². The minimum absolute atomic E-state index is 0.382. The normalized spacial score (nSPS) is 16.0. The number of alkyl halides is 3. The maximum absolute atomic E-state index is 12.6. The fourth-order valence-electron chi connectivity index (χ4n) is 2.21. The maximum atomic E-state index is 12.6. The first-order valence-corrected chi connectivity index (χ1v) is 6.09. The van der Waals surface area contributed by atoms with Crippen molar-refractivity contribution < 1.29 is 18.3 Å². The number of nitrogens with one attached hydrogen (secondary N) is 1. The summed E-state index contributed by atoms with van der Waals surface area (Å²) in [5, 5.41) is 12.8. The van der Waals surface area contributed by atoms with E-state index in [1.54, 1.807) is 13.8 Å².